The maximum atomic E-state index is 13.9. The quantitative estimate of drug-likeness (QED) is 0.507. The van der Waals surface area contributed by atoms with Crippen LogP contribution < -0.4 is 4.74 Å². The lowest BCUT2D eigenvalue weighted by Gasteiger charge is -2.32. The highest BCUT2D eigenvalue weighted by Gasteiger charge is 2.36. The van der Waals surface area contributed by atoms with Crippen LogP contribution in [0.25, 0.3) is 0 Å². The number of rotatable bonds is 9. The second-order valence-corrected chi connectivity index (χ2v) is 10.5. The molecule has 1 aromatic heterocycles. The minimum atomic E-state index is -0.235. The van der Waals surface area contributed by atoms with Gasteiger partial charge in [-0.25, -0.2) is 5.01 Å². The SMILES string of the molecule is COc1ccc([C@H]2CC(c3cccn3C)=NN2C(=O)CN(CCN2CCOCC2)C(=O)C2CCCC2)cc1. The minimum Gasteiger partial charge on any atom is -0.497 e. The van der Waals surface area contributed by atoms with E-state index in [4.69, 9.17) is 14.6 Å². The Morgan fingerprint density at radius 3 is 2.50 bits per heavy atom. The van der Waals surface area contributed by atoms with Gasteiger partial charge in [-0.3, -0.25) is 14.5 Å². The Balaban J connectivity index is 1.37. The number of carbonyl (C=O) groups is 2. The first-order valence-corrected chi connectivity index (χ1v) is 13.8. The summed E-state index contributed by atoms with van der Waals surface area (Å²) >= 11 is 0. The van der Waals surface area contributed by atoms with Crippen molar-refractivity contribution in [2.45, 2.75) is 38.1 Å². The number of hydrogen-bond acceptors (Lipinski definition) is 6. The van der Waals surface area contributed by atoms with Crippen LogP contribution >= 0.6 is 0 Å². The molecule has 0 spiro atoms. The molecular weight excluding hydrogens is 482 g/mol. The molecule has 204 valence electrons. The molecule has 1 aliphatic carbocycles. The summed E-state index contributed by atoms with van der Waals surface area (Å²) in [7, 11) is 3.63. The van der Waals surface area contributed by atoms with Gasteiger partial charge >= 0.3 is 0 Å². The molecule has 2 aromatic rings. The van der Waals surface area contributed by atoms with Crippen molar-refractivity contribution >= 4 is 17.5 Å². The van der Waals surface area contributed by atoms with Crippen molar-refractivity contribution < 1.29 is 19.1 Å². The first kappa shape index (κ1) is 26.4. The van der Waals surface area contributed by atoms with E-state index in [1.165, 1.54) is 0 Å². The van der Waals surface area contributed by atoms with E-state index in [-0.39, 0.29) is 30.3 Å². The predicted octanol–water partition coefficient (Wildman–Crippen LogP) is 3.06. The van der Waals surface area contributed by atoms with Gasteiger partial charge in [-0.05, 0) is 42.7 Å². The molecule has 2 fully saturated rings. The summed E-state index contributed by atoms with van der Waals surface area (Å²) in [5, 5.41) is 6.44. The number of methoxy groups -OCH3 is 1. The zero-order valence-corrected chi connectivity index (χ0v) is 22.6. The Morgan fingerprint density at radius 1 is 1.11 bits per heavy atom. The van der Waals surface area contributed by atoms with E-state index in [2.05, 4.69) is 4.90 Å². The zero-order valence-electron chi connectivity index (χ0n) is 22.6. The molecule has 1 saturated carbocycles. The summed E-state index contributed by atoms with van der Waals surface area (Å²) in [5.74, 6) is 0.745. The summed E-state index contributed by atoms with van der Waals surface area (Å²) in [6, 6.07) is 11.6. The van der Waals surface area contributed by atoms with E-state index in [9.17, 15) is 9.59 Å². The lowest BCUT2D eigenvalue weighted by molar-refractivity contribution is -0.144. The average Bonchev–Trinajstić information content (AvgIpc) is 3.72. The lowest BCUT2D eigenvalue weighted by atomic mass is 10.0. The second-order valence-electron chi connectivity index (χ2n) is 10.5. The first-order chi connectivity index (χ1) is 18.5. The maximum Gasteiger partial charge on any atom is 0.262 e. The molecule has 3 heterocycles. The molecule has 38 heavy (non-hydrogen) atoms. The monoisotopic (exact) mass is 521 g/mol. The molecule has 1 aromatic carbocycles. The molecule has 1 saturated heterocycles. The van der Waals surface area contributed by atoms with Gasteiger partial charge in [0, 0.05) is 51.8 Å². The van der Waals surface area contributed by atoms with Gasteiger partial charge in [0.25, 0.3) is 5.91 Å². The van der Waals surface area contributed by atoms with E-state index in [0.29, 0.717) is 26.2 Å². The predicted molar refractivity (Wildman–Crippen MR) is 145 cm³/mol. The molecule has 0 unspecified atom stereocenters. The number of nitrogens with zero attached hydrogens (tertiary/aromatic N) is 5. The molecule has 1 atom stereocenters. The lowest BCUT2D eigenvalue weighted by Crippen LogP contribution is -2.47. The topological polar surface area (TPSA) is 79.6 Å². The first-order valence-electron chi connectivity index (χ1n) is 13.8. The normalized spacial score (nSPS) is 20.5. The Kier molecular flexibility index (Phi) is 8.44. The van der Waals surface area contributed by atoms with E-state index in [1.54, 1.807) is 17.0 Å². The Bertz CT molecular complexity index is 1130. The van der Waals surface area contributed by atoms with Crippen LogP contribution in [0.15, 0.2) is 47.7 Å². The summed E-state index contributed by atoms with van der Waals surface area (Å²) in [5.41, 5.74) is 2.85. The number of aromatic nitrogens is 1. The van der Waals surface area contributed by atoms with Gasteiger partial charge in [0.15, 0.2) is 0 Å². The highest BCUT2D eigenvalue weighted by molar-refractivity contribution is 6.02. The Hall–Kier alpha value is -3.17. The van der Waals surface area contributed by atoms with Crippen LogP contribution in [0.5, 0.6) is 5.75 Å². The molecular formula is C29H39N5O4. The molecule has 0 N–H and O–H groups in total. The van der Waals surface area contributed by atoms with Crippen LogP contribution in [0, 0.1) is 5.92 Å². The number of ether oxygens (including phenoxy) is 2. The molecule has 3 aliphatic rings. The zero-order chi connectivity index (χ0) is 26.5. The van der Waals surface area contributed by atoms with Crippen molar-refractivity contribution in [1.29, 1.82) is 0 Å². The van der Waals surface area contributed by atoms with Gasteiger partial charge in [-0.15, -0.1) is 0 Å². The van der Waals surface area contributed by atoms with Gasteiger partial charge in [0.2, 0.25) is 5.91 Å². The van der Waals surface area contributed by atoms with Crippen LogP contribution in [-0.2, 0) is 21.4 Å². The van der Waals surface area contributed by atoms with Crippen molar-refractivity contribution in [3.8, 4) is 5.75 Å². The van der Waals surface area contributed by atoms with Crippen LogP contribution in [0.2, 0.25) is 0 Å². The van der Waals surface area contributed by atoms with Crippen molar-refractivity contribution in [2.24, 2.45) is 18.1 Å². The van der Waals surface area contributed by atoms with Crippen LogP contribution in [-0.4, -0.2) is 89.9 Å². The third-order valence-corrected chi connectivity index (χ3v) is 8.04. The smallest absolute Gasteiger partial charge is 0.262 e. The van der Waals surface area contributed by atoms with Gasteiger partial charge in [0.05, 0.1) is 37.8 Å². The Morgan fingerprint density at radius 2 is 1.84 bits per heavy atom. The second kappa shape index (κ2) is 12.1. The molecule has 9 nitrogen and oxygen atoms in total. The van der Waals surface area contributed by atoms with Crippen molar-refractivity contribution in [1.82, 2.24) is 19.4 Å². The molecule has 0 radical (unpaired) electrons. The van der Waals surface area contributed by atoms with E-state index in [1.807, 2.05) is 54.2 Å². The highest BCUT2D eigenvalue weighted by atomic mass is 16.5. The van der Waals surface area contributed by atoms with E-state index >= 15 is 0 Å². The van der Waals surface area contributed by atoms with E-state index < -0.39 is 0 Å². The molecule has 9 heteroatoms. The number of carbonyl (C=O) groups excluding carboxylic acids is 2. The fourth-order valence-electron chi connectivity index (χ4n) is 5.76. The van der Waals surface area contributed by atoms with Gasteiger partial charge in [-0.2, -0.15) is 5.10 Å². The number of hydrogen-bond donors (Lipinski definition) is 0. The number of morpholine rings is 1. The van der Waals surface area contributed by atoms with Gasteiger partial charge < -0.3 is 18.9 Å². The molecule has 5 rings (SSSR count). The summed E-state index contributed by atoms with van der Waals surface area (Å²) in [4.78, 5) is 31.5. The van der Waals surface area contributed by atoms with E-state index in [0.717, 1.165) is 68.0 Å². The highest BCUT2D eigenvalue weighted by Crippen LogP contribution is 2.34. The number of aryl methyl sites for hydroxylation is 1. The minimum absolute atomic E-state index is 0.0193. The van der Waals surface area contributed by atoms with Crippen LogP contribution in [0.4, 0.5) is 0 Å². The average molecular weight is 522 g/mol. The van der Waals surface area contributed by atoms with Gasteiger partial charge in [0.1, 0.15) is 12.3 Å². The third-order valence-electron chi connectivity index (χ3n) is 8.04. The molecule has 2 aliphatic heterocycles. The summed E-state index contributed by atoms with van der Waals surface area (Å²) in [6.45, 7) is 4.46. The fourth-order valence-corrected chi connectivity index (χ4v) is 5.76. The van der Waals surface area contributed by atoms with Crippen LogP contribution in [0.1, 0.15) is 49.4 Å². The van der Waals surface area contributed by atoms with Crippen LogP contribution in [0.3, 0.4) is 0 Å². The van der Waals surface area contributed by atoms with Gasteiger partial charge in [-0.1, -0.05) is 25.0 Å². The number of amides is 2. The Labute approximate surface area is 225 Å². The van der Waals surface area contributed by atoms with Crippen molar-refractivity contribution in [3.63, 3.8) is 0 Å². The maximum absolute atomic E-state index is 13.9. The van der Waals surface area contributed by atoms with Crippen molar-refractivity contribution in [3.05, 3.63) is 53.9 Å². The number of hydrazone groups is 1. The molecule has 0 bridgehead atoms. The van der Waals surface area contributed by atoms with Crippen molar-refractivity contribution in [2.75, 3.05) is 53.0 Å². The summed E-state index contributed by atoms with van der Waals surface area (Å²) < 4.78 is 12.8. The fraction of sp³-hybridized carbons (Fsp3) is 0.552. The third kappa shape index (κ3) is 5.94. The summed E-state index contributed by atoms with van der Waals surface area (Å²) in [6.07, 6.45) is 6.58. The molecule has 2 amide bonds. The standard InChI is InChI=1S/C29H39N5O4/c1-31-13-5-8-26(31)25-20-27(22-9-11-24(37-2)12-10-22)34(30-25)28(35)21-33(29(36)23-6-3-4-7-23)15-14-32-16-18-38-19-17-32/h5,8-13,23,27H,3-4,6-7,14-21H2,1-2H3/t27-/m1/s1. The number of benzene rings is 1. The largest absolute Gasteiger partial charge is 0.497 e.